The predicted octanol–water partition coefficient (Wildman–Crippen LogP) is 3.62. The lowest BCUT2D eigenvalue weighted by molar-refractivity contribution is 0.609. The molecule has 0 radical (unpaired) electrons. The lowest BCUT2D eigenvalue weighted by Gasteiger charge is -2.06. The minimum absolute atomic E-state index is 0.398. The maximum Gasteiger partial charge on any atom is 0.124 e. The predicted molar refractivity (Wildman–Crippen MR) is 78.1 cm³/mol. The third kappa shape index (κ3) is 2.43. The van der Waals surface area contributed by atoms with E-state index in [-0.39, 0.29) is 0 Å². The van der Waals surface area contributed by atoms with E-state index < -0.39 is 0 Å². The van der Waals surface area contributed by atoms with Crippen molar-refractivity contribution in [2.24, 2.45) is 0 Å². The number of aromatic amines is 1. The number of hydrogen-bond donors (Lipinski definition) is 2. The number of H-pyrrole nitrogens is 1. The largest absolute Gasteiger partial charge is 0.344 e. The van der Waals surface area contributed by atoms with Crippen molar-refractivity contribution in [2.75, 3.05) is 6.54 Å². The van der Waals surface area contributed by atoms with Crippen LogP contribution in [0.3, 0.4) is 0 Å². The van der Waals surface area contributed by atoms with Gasteiger partial charge in [-0.3, -0.25) is 0 Å². The summed E-state index contributed by atoms with van der Waals surface area (Å²) in [4.78, 5) is 8.41. The maximum absolute atomic E-state index is 4.87. The maximum atomic E-state index is 4.87. The average molecular weight is 255 g/mol. The van der Waals surface area contributed by atoms with Gasteiger partial charge in [-0.1, -0.05) is 44.2 Å². The minimum atomic E-state index is 0.398. The van der Waals surface area contributed by atoms with E-state index in [1.165, 1.54) is 24.1 Å². The van der Waals surface area contributed by atoms with Crippen LogP contribution in [0, 0.1) is 0 Å². The molecule has 0 amide bonds. The Morgan fingerprint density at radius 2 is 2.00 bits per heavy atom. The molecule has 2 heterocycles. The van der Waals surface area contributed by atoms with Crippen molar-refractivity contribution in [2.45, 2.75) is 38.6 Å². The highest BCUT2D eigenvalue weighted by Gasteiger charge is 2.22. The van der Waals surface area contributed by atoms with Crippen LogP contribution < -0.4 is 5.32 Å². The zero-order valence-electron chi connectivity index (χ0n) is 11.6. The summed E-state index contributed by atoms with van der Waals surface area (Å²) in [7, 11) is 0. The molecule has 1 aromatic heterocycles. The molecule has 100 valence electrons. The monoisotopic (exact) mass is 255 g/mol. The number of nitrogens with one attached hydrogen (secondary N) is 2. The number of imidazole rings is 1. The van der Waals surface area contributed by atoms with Gasteiger partial charge in [-0.15, -0.1) is 0 Å². The molecule has 3 rings (SSSR count). The summed E-state index contributed by atoms with van der Waals surface area (Å²) >= 11 is 0. The van der Waals surface area contributed by atoms with Crippen molar-refractivity contribution in [3.63, 3.8) is 0 Å². The highest BCUT2D eigenvalue weighted by molar-refractivity contribution is 5.62. The van der Waals surface area contributed by atoms with E-state index in [0.29, 0.717) is 12.0 Å². The first kappa shape index (κ1) is 12.4. The van der Waals surface area contributed by atoms with Gasteiger partial charge >= 0.3 is 0 Å². The Morgan fingerprint density at radius 3 is 2.63 bits per heavy atom. The van der Waals surface area contributed by atoms with Gasteiger partial charge < -0.3 is 10.3 Å². The topological polar surface area (TPSA) is 40.7 Å². The lowest BCUT2D eigenvalue weighted by atomic mass is 10.0. The van der Waals surface area contributed by atoms with Gasteiger partial charge in [-0.05, 0) is 25.3 Å². The first-order chi connectivity index (χ1) is 9.25. The van der Waals surface area contributed by atoms with Gasteiger partial charge in [0.25, 0.3) is 0 Å². The van der Waals surface area contributed by atoms with Crippen LogP contribution in [0.4, 0.5) is 0 Å². The Labute approximate surface area is 114 Å². The Balaban J connectivity index is 2.02. The molecule has 1 aliphatic rings. The Bertz CT molecular complexity index is 536. The average Bonchev–Trinajstić information content (AvgIpc) is 3.08. The molecule has 1 atom stereocenters. The van der Waals surface area contributed by atoms with Crippen molar-refractivity contribution in [3.05, 3.63) is 41.9 Å². The second-order valence-corrected chi connectivity index (χ2v) is 5.55. The SMILES string of the molecule is CC(C)c1[nH]c([C@@H]2CCCN2)nc1-c1ccccc1. The van der Waals surface area contributed by atoms with E-state index in [9.17, 15) is 0 Å². The number of rotatable bonds is 3. The Kier molecular flexibility index (Phi) is 3.38. The quantitative estimate of drug-likeness (QED) is 0.879. The summed E-state index contributed by atoms with van der Waals surface area (Å²) in [5.74, 6) is 1.55. The van der Waals surface area contributed by atoms with E-state index in [4.69, 9.17) is 4.98 Å². The molecule has 3 nitrogen and oxygen atoms in total. The van der Waals surface area contributed by atoms with Crippen LogP contribution >= 0.6 is 0 Å². The summed E-state index contributed by atoms with van der Waals surface area (Å²) in [5.41, 5.74) is 3.56. The molecule has 0 bridgehead atoms. The van der Waals surface area contributed by atoms with Crippen LogP contribution in [-0.2, 0) is 0 Å². The number of aromatic nitrogens is 2. The first-order valence-electron chi connectivity index (χ1n) is 7.14. The van der Waals surface area contributed by atoms with E-state index >= 15 is 0 Å². The molecule has 0 spiro atoms. The van der Waals surface area contributed by atoms with Gasteiger partial charge in [0.2, 0.25) is 0 Å². The number of benzene rings is 1. The number of hydrogen-bond acceptors (Lipinski definition) is 2. The number of nitrogens with zero attached hydrogens (tertiary/aromatic N) is 1. The summed E-state index contributed by atoms with van der Waals surface area (Å²) < 4.78 is 0. The molecule has 0 saturated carbocycles. The van der Waals surface area contributed by atoms with Crippen molar-refractivity contribution in [1.29, 1.82) is 0 Å². The summed E-state index contributed by atoms with van der Waals surface area (Å²) in [6.07, 6.45) is 2.42. The highest BCUT2D eigenvalue weighted by atomic mass is 15.0. The van der Waals surface area contributed by atoms with Gasteiger partial charge in [0.1, 0.15) is 5.82 Å². The van der Waals surface area contributed by atoms with Crippen molar-refractivity contribution >= 4 is 0 Å². The zero-order chi connectivity index (χ0) is 13.2. The molecular formula is C16H21N3. The zero-order valence-corrected chi connectivity index (χ0v) is 11.6. The standard InChI is InChI=1S/C16H21N3/c1-11(2)14-15(12-7-4-3-5-8-12)19-16(18-14)13-9-6-10-17-13/h3-5,7-8,11,13,17H,6,9-10H2,1-2H3,(H,18,19)/t13-/m0/s1. The highest BCUT2D eigenvalue weighted by Crippen LogP contribution is 2.30. The van der Waals surface area contributed by atoms with E-state index in [1.807, 2.05) is 6.07 Å². The van der Waals surface area contributed by atoms with E-state index in [0.717, 1.165) is 18.1 Å². The first-order valence-corrected chi connectivity index (χ1v) is 7.14. The van der Waals surface area contributed by atoms with Crippen LogP contribution in [0.25, 0.3) is 11.3 Å². The second-order valence-electron chi connectivity index (χ2n) is 5.55. The van der Waals surface area contributed by atoms with Gasteiger partial charge in [-0.25, -0.2) is 4.98 Å². The van der Waals surface area contributed by atoms with Gasteiger partial charge in [-0.2, -0.15) is 0 Å². The minimum Gasteiger partial charge on any atom is -0.344 e. The van der Waals surface area contributed by atoms with Gasteiger partial charge in [0.15, 0.2) is 0 Å². The molecule has 1 fully saturated rings. The molecular weight excluding hydrogens is 234 g/mol. The van der Waals surface area contributed by atoms with Gasteiger partial charge in [0, 0.05) is 11.3 Å². The van der Waals surface area contributed by atoms with E-state index in [1.54, 1.807) is 0 Å². The fourth-order valence-electron chi connectivity index (χ4n) is 2.72. The van der Waals surface area contributed by atoms with Crippen LogP contribution in [0.5, 0.6) is 0 Å². The Hall–Kier alpha value is -1.61. The molecule has 1 aromatic carbocycles. The van der Waals surface area contributed by atoms with Crippen LogP contribution in [-0.4, -0.2) is 16.5 Å². The molecule has 0 unspecified atom stereocenters. The fourth-order valence-corrected chi connectivity index (χ4v) is 2.72. The molecule has 3 heteroatoms. The third-order valence-corrected chi connectivity index (χ3v) is 3.77. The lowest BCUT2D eigenvalue weighted by Crippen LogP contribution is -2.14. The van der Waals surface area contributed by atoms with Gasteiger partial charge in [0.05, 0.1) is 11.7 Å². The van der Waals surface area contributed by atoms with Crippen molar-refractivity contribution in [3.8, 4) is 11.3 Å². The summed E-state index contributed by atoms with van der Waals surface area (Å²) in [6.45, 7) is 5.53. The summed E-state index contributed by atoms with van der Waals surface area (Å²) in [6, 6.07) is 10.9. The van der Waals surface area contributed by atoms with Crippen molar-refractivity contribution in [1.82, 2.24) is 15.3 Å². The molecule has 2 aromatic rings. The molecule has 1 saturated heterocycles. The Morgan fingerprint density at radius 1 is 1.21 bits per heavy atom. The van der Waals surface area contributed by atoms with Crippen LogP contribution in [0.15, 0.2) is 30.3 Å². The third-order valence-electron chi connectivity index (χ3n) is 3.77. The normalized spacial score (nSPS) is 19.2. The molecule has 19 heavy (non-hydrogen) atoms. The van der Waals surface area contributed by atoms with Crippen molar-refractivity contribution < 1.29 is 0 Å². The van der Waals surface area contributed by atoms with Crippen LogP contribution in [0.2, 0.25) is 0 Å². The smallest absolute Gasteiger partial charge is 0.124 e. The molecule has 1 aliphatic heterocycles. The second kappa shape index (κ2) is 5.17. The fraction of sp³-hybridized carbons (Fsp3) is 0.438. The molecule has 0 aliphatic carbocycles. The van der Waals surface area contributed by atoms with E-state index in [2.05, 4.69) is 48.4 Å². The molecule has 2 N–H and O–H groups in total. The summed E-state index contributed by atoms with van der Waals surface area (Å²) in [5, 5.41) is 3.51. The van der Waals surface area contributed by atoms with Crippen LogP contribution in [0.1, 0.15) is 50.2 Å².